The first kappa shape index (κ1) is 13.7. The van der Waals surface area contributed by atoms with Crippen molar-refractivity contribution < 1.29 is 4.39 Å². The van der Waals surface area contributed by atoms with Crippen molar-refractivity contribution in [2.75, 3.05) is 6.54 Å². The van der Waals surface area contributed by atoms with Crippen molar-refractivity contribution in [3.8, 4) is 0 Å². The van der Waals surface area contributed by atoms with Crippen LogP contribution in [0.15, 0.2) is 36.5 Å². The Morgan fingerprint density at radius 1 is 1.21 bits per heavy atom. The van der Waals surface area contributed by atoms with Crippen molar-refractivity contribution in [2.45, 2.75) is 26.8 Å². The maximum Gasteiger partial charge on any atom is 0.123 e. The molecule has 0 amide bonds. The van der Waals surface area contributed by atoms with Gasteiger partial charge < -0.3 is 5.32 Å². The van der Waals surface area contributed by atoms with Gasteiger partial charge in [0.15, 0.2) is 0 Å². The van der Waals surface area contributed by atoms with Gasteiger partial charge in [0.25, 0.3) is 0 Å². The molecule has 0 bridgehead atoms. The highest BCUT2D eigenvalue weighted by molar-refractivity contribution is 5.38. The highest BCUT2D eigenvalue weighted by Crippen LogP contribution is 2.27. The SMILES string of the molecule is CCNC(c1cc(F)ccc1C)c1cccnc1C. The van der Waals surface area contributed by atoms with Gasteiger partial charge in [-0.2, -0.15) is 0 Å². The maximum absolute atomic E-state index is 13.5. The van der Waals surface area contributed by atoms with Crippen LogP contribution >= 0.6 is 0 Å². The Morgan fingerprint density at radius 2 is 2.00 bits per heavy atom. The Hall–Kier alpha value is -1.74. The topological polar surface area (TPSA) is 24.9 Å². The summed E-state index contributed by atoms with van der Waals surface area (Å²) in [6.45, 7) is 6.85. The van der Waals surface area contributed by atoms with Crippen LogP contribution in [0.3, 0.4) is 0 Å². The van der Waals surface area contributed by atoms with Gasteiger partial charge in [-0.15, -0.1) is 0 Å². The molecular weight excluding hydrogens is 239 g/mol. The molecule has 0 aliphatic carbocycles. The van der Waals surface area contributed by atoms with E-state index in [1.165, 1.54) is 6.07 Å². The third kappa shape index (κ3) is 2.99. The van der Waals surface area contributed by atoms with Crippen molar-refractivity contribution in [2.24, 2.45) is 0 Å². The van der Waals surface area contributed by atoms with E-state index >= 15 is 0 Å². The van der Waals surface area contributed by atoms with E-state index in [-0.39, 0.29) is 11.9 Å². The van der Waals surface area contributed by atoms with E-state index in [2.05, 4.69) is 10.3 Å². The van der Waals surface area contributed by atoms with Crippen LogP contribution in [0.5, 0.6) is 0 Å². The minimum absolute atomic E-state index is 0.0191. The van der Waals surface area contributed by atoms with Crippen LogP contribution < -0.4 is 5.32 Å². The van der Waals surface area contributed by atoms with Gasteiger partial charge in [0.2, 0.25) is 0 Å². The fourth-order valence-corrected chi connectivity index (χ4v) is 2.32. The first-order valence-electron chi connectivity index (χ1n) is 6.54. The van der Waals surface area contributed by atoms with Crippen LogP contribution in [0.4, 0.5) is 4.39 Å². The molecular formula is C16H19FN2. The number of nitrogens with zero attached hydrogens (tertiary/aromatic N) is 1. The molecule has 1 aromatic carbocycles. The third-order valence-corrected chi connectivity index (χ3v) is 3.32. The van der Waals surface area contributed by atoms with E-state index in [0.29, 0.717) is 0 Å². The molecule has 0 spiro atoms. The van der Waals surface area contributed by atoms with Gasteiger partial charge in [0, 0.05) is 11.9 Å². The van der Waals surface area contributed by atoms with Crippen molar-refractivity contribution in [1.82, 2.24) is 10.3 Å². The summed E-state index contributed by atoms with van der Waals surface area (Å²) in [5.74, 6) is -0.204. The van der Waals surface area contributed by atoms with E-state index in [1.807, 2.05) is 39.0 Å². The number of aromatic nitrogens is 1. The zero-order valence-corrected chi connectivity index (χ0v) is 11.6. The van der Waals surface area contributed by atoms with Gasteiger partial charge in [0.05, 0.1) is 6.04 Å². The second kappa shape index (κ2) is 5.93. The lowest BCUT2D eigenvalue weighted by molar-refractivity contribution is 0.598. The fraction of sp³-hybridized carbons (Fsp3) is 0.312. The Bertz CT molecular complexity index is 566. The molecule has 0 aliphatic heterocycles. The summed E-state index contributed by atoms with van der Waals surface area (Å²) >= 11 is 0. The van der Waals surface area contributed by atoms with Crippen LogP contribution in [0.1, 0.15) is 35.3 Å². The van der Waals surface area contributed by atoms with Gasteiger partial charge in [-0.3, -0.25) is 4.98 Å². The number of pyridine rings is 1. The summed E-state index contributed by atoms with van der Waals surface area (Å²) in [5, 5.41) is 3.42. The largest absolute Gasteiger partial charge is 0.306 e. The predicted molar refractivity (Wildman–Crippen MR) is 75.6 cm³/mol. The van der Waals surface area contributed by atoms with E-state index in [9.17, 15) is 4.39 Å². The lowest BCUT2D eigenvalue weighted by Gasteiger charge is -2.22. The first-order chi connectivity index (χ1) is 9.13. The summed E-state index contributed by atoms with van der Waals surface area (Å²) in [7, 11) is 0. The van der Waals surface area contributed by atoms with Crippen molar-refractivity contribution >= 4 is 0 Å². The van der Waals surface area contributed by atoms with E-state index < -0.39 is 0 Å². The normalized spacial score (nSPS) is 12.4. The van der Waals surface area contributed by atoms with Crippen molar-refractivity contribution in [3.05, 3.63) is 64.7 Å². The first-order valence-corrected chi connectivity index (χ1v) is 6.54. The summed E-state index contributed by atoms with van der Waals surface area (Å²) < 4.78 is 13.5. The van der Waals surface area contributed by atoms with Crippen LogP contribution in [0.2, 0.25) is 0 Å². The average molecular weight is 258 g/mol. The monoisotopic (exact) mass is 258 g/mol. The smallest absolute Gasteiger partial charge is 0.123 e. The van der Waals surface area contributed by atoms with E-state index in [4.69, 9.17) is 0 Å². The van der Waals surface area contributed by atoms with Gasteiger partial charge >= 0.3 is 0 Å². The van der Waals surface area contributed by atoms with E-state index in [0.717, 1.165) is 28.9 Å². The van der Waals surface area contributed by atoms with Gasteiger partial charge in [-0.1, -0.05) is 19.1 Å². The molecule has 100 valence electrons. The quantitative estimate of drug-likeness (QED) is 0.907. The van der Waals surface area contributed by atoms with Crippen molar-refractivity contribution in [3.63, 3.8) is 0 Å². The van der Waals surface area contributed by atoms with Crippen molar-refractivity contribution in [1.29, 1.82) is 0 Å². The molecule has 3 heteroatoms. The summed E-state index contributed by atoms with van der Waals surface area (Å²) in [6.07, 6.45) is 1.78. The van der Waals surface area contributed by atoms with Gasteiger partial charge in [-0.25, -0.2) is 4.39 Å². The van der Waals surface area contributed by atoms with Crippen LogP contribution in [0.25, 0.3) is 0 Å². The average Bonchev–Trinajstić information content (AvgIpc) is 2.40. The standard InChI is InChI=1S/C16H19FN2/c1-4-18-16(14-6-5-9-19-12(14)3)15-10-13(17)8-7-11(15)2/h5-10,16,18H,4H2,1-3H3. The summed E-state index contributed by atoms with van der Waals surface area (Å²) in [5.41, 5.74) is 4.11. The predicted octanol–water partition coefficient (Wildman–Crippen LogP) is 3.54. The Morgan fingerprint density at radius 3 is 2.68 bits per heavy atom. The lowest BCUT2D eigenvalue weighted by atomic mass is 9.94. The molecule has 1 heterocycles. The Labute approximate surface area is 113 Å². The lowest BCUT2D eigenvalue weighted by Crippen LogP contribution is -2.24. The number of rotatable bonds is 4. The molecule has 1 aromatic heterocycles. The molecule has 1 atom stereocenters. The molecule has 19 heavy (non-hydrogen) atoms. The number of halogens is 1. The Balaban J connectivity index is 2.51. The Kier molecular flexibility index (Phi) is 4.27. The molecule has 2 nitrogen and oxygen atoms in total. The molecule has 0 fully saturated rings. The number of benzene rings is 1. The summed E-state index contributed by atoms with van der Waals surface area (Å²) in [6, 6.07) is 8.86. The number of nitrogens with one attached hydrogen (secondary N) is 1. The molecule has 2 aromatic rings. The molecule has 1 unspecified atom stereocenters. The highest BCUT2D eigenvalue weighted by atomic mass is 19.1. The second-order valence-electron chi connectivity index (χ2n) is 4.67. The molecule has 1 N–H and O–H groups in total. The van der Waals surface area contributed by atoms with Crippen LogP contribution in [-0.4, -0.2) is 11.5 Å². The minimum atomic E-state index is -0.204. The van der Waals surface area contributed by atoms with Crippen LogP contribution in [0, 0.1) is 19.7 Å². The molecule has 2 rings (SSSR count). The molecule has 0 saturated heterocycles. The zero-order chi connectivity index (χ0) is 13.8. The third-order valence-electron chi connectivity index (χ3n) is 3.32. The number of hydrogen-bond acceptors (Lipinski definition) is 2. The second-order valence-corrected chi connectivity index (χ2v) is 4.67. The molecule has 0 saturated carbocycles. The highest BCUT2D eigenvalue weighted by Gasteiger charge is 2.17. The number of hydrogen-bond donors (Lipinski definition) is 1. The van der Waals surface area contributed by atoms with Gasteiger partial charge in [0.1, 0.15) is 5.82 Å². The van der Waals surface area contributed by atoms with Crippen LogP contribution in [-0.2, 0) is 0 Å². The molecule has 0 radical (unpaired) electrons. The minimum Gasteiger partial charge on any atom is -0.306 e. The van der Waals surface area contributed by atoms with Gasteiger partial charge in [-0.05, 0) is 55.3 Å². The number of aryl methyl sites for hydroxylation is 2. The maximum atomic E-state index is 13.5. The fourth-order valence-electron chi connectivity index (χ4n) is 2.32. The molecule has 0 aliphatic rings. The summed E-state index contributed by atoms with van der Waals surface area (Å²) in [4.78, 5) is 4.33. The zero-order valence-electron chi connectivity index (χ0n) is 11.6. The van der Waals surface area contributed by atoms with E-state index in [1.54, 1.807) is 12.3 Å².